The van der Waals surface area contributed by atoms with Crippen molar-refractivity contribution < 1.29 is 0 Å². The first-order valence-electron chi connectivity index (χ1n) is 7.63. The molecule has 1 nitrogen and oxygen atoms in total. The second-order valence-corrected chi connectivity index (χ2v) is 5.70. The molecule has 0 amide bonds. The van der Waals surface area contributed by atoms with Gasteiger partial charge in [0, 0.05) is 6.04 Å². The van der Waals surface area contributed by atoms with E-state index in [2.05, 4.69) is 43.4 Å². The zero-order valence-corrected chi connectivity index (χ0v) is 11.9. The van der Waals surface area contributed by atoms with Crippen LogP contribution in [0, 0.1) is 5.92 Å². The monoisotopic (exact) mass is 245 g/mol. The van der Waals surface area contributed by atoms with Crippen LogP contribution in [0.15, 0.2) is 24.3 Å². The van der Waals surface area contributed by atoms with Gasteiger partial charge in [-0.1, -0.05) is 38.1 Å². The Morgan fingerprint density at radius 3 is 2.44 bits per heavy atom. The summed E-state index contributed by atoms with van der Waals surface area (Å²) in [5.74, 6) is 0.895. The van der Waals surface area contributed by atoms with Crippen LogP contribution in [0.2, 0.25) is 0 Å². The van der Waals surface area contributed by atoms with Gasteiger partial charge in [0.2, 0.25) is 0 Å². The molecule has 0 aromatic heterocycles. The lowest BCUT2D eigenvalue weighted by Gasteiger charge is -2.13. The van der Waals surface area contributed by atoms with E-state index in [1.807, 2.05) is 0 Å². The molecular formula is C17H27N. The van der Waals surface area contributed by atoms with Gasteiger partial charge in [0.05, 0.1) is 0 Å². The first kappa shape index (κ1) is 13.6. The van der Waals surface area contributed by atoms with E-state index in [0.29, 0.717) is 0 Å². The molecule has 0 heterocycles. The third kappa shape index (κ3) is 3.84. The molecule has 1 fully saturated rings. The molecule has 1 heteroatoms. The molecule has 0 spiro atoms. The highest BCUT2D eigenvalue weighted by atomic mass is 14.9. The third-order valence-electron chi connectivity index (χ3n) is 4.18. The van der Waals surface area contributed by atoms with Crippen LogP contribution in [-0.4, -0.2) is 12.6 Å². The summed E-state index contributed by atoms with van der Waals surface area (Å²) in [5.41, 5.74) is 2.97. The van der Waals surface area contributed by atoms with E-state index in [-0.39, 0.29) is 0 Å². The zero-order valence-electron chi connectivity index (χ0n) is 11.9. The van der Waals surface area contributed by atoms with Gasteiger partial charge in [-0.25, -0.2) is 0 Å². The van der Waals surface area contributed by atoms with Gasteiger partial charge in [0.15, 0.2) is 0 Å². The smallest absolute Gasteiger partial charge is 0.00699 e. The van der Waals surface area contributed by atoms with E-state index in [1.165, 1.54) is 49.8 Å². The second-order valence-electron chi connectivity index (χ2n) is 5.70. The molecule has 0 aliphatic heterocycles. The number of nitrogens with one attached hydrogen (secondary N) is 1. The summed E-state index contributed by atoms with van der Waals surface area (Å²) in [6.07, 6.45) is 7.81. The lowest BCUT2D eigenvalue weighted by atomic mass is 9.97. The minimum absolute atomic E-state index is 0.782. The Bertz CT molecular complexity index is 341. The molecule has 1 aromatic rings. The summed E-state index contributed by atoms with van der Waals surface area (Å²) in [5, 5.41) is 3.67. The van der Waals surface area contributed by atoms with E-state index < -0.39 is 0 Å². The molecular weight excluding hydrogens is 218 g/mol. The van der Waals surface area contributed by atoms with Gasteiger partial charge < -0.3 is 5.32 Å². The highest BCUT2D eigenvalue weighted by Crippen LogP contribution is 2.28. The summed E-state index contributed by atoms with van der Waals surface area (Å²) >= 11 is 0. The molecule has 2 unspecified atom stereocenters. The first-order valence-corrected chi connectivity index (χ1v) is 7.63. The average molecular weight is 245 g/mol. The topological polar surface area (TPSA) is 12.0 Å². The molecule has 1 saturated carbocycles. The molecule has 1 aromatic carbocycles. The van der Waals surface area contributed by atoms with Crippen molar-refractivity contribution in [3.63, 3.8) is 0 Å². The summed E-state index contributed by atoms with van der Waals surface area (Å²) < 4.78 is 0. The van der Waals surface area contributed by atoms with Gasteiger partial charge in [-0.2, -0.15) is 0 Å². The quantitative estimate of drug-likeness (QED) is 0.800. The molecule has 2 rings (SSSR count). The Kier molecular flexibility index (Phi) is 5.25. The molecule has 100 valence electrons. The maximum atomic E-state index is 3.67. The van der Waals surface area contributed by atoms with Crippen LogP contribution in [-0.2, 0) is 12.8 Å². The first-order chi connectivity index (χ1) is 8.81. The van der Waals surface area contributed by atoms with Gasteiger partial charge in [-0.3, -0.25) is 0 Å². The Balaban J connectivity index is 1.79. The number of hydrogen-bond donors (Lipinski definition) is 1. The van der Waals surface area contributed by atoms with Crippen molar-refractivity contribution in [3.05, 3.63) is 35.4 Å². The second kappa shape index (κ2) is 6.94. The van der Waals surface area contributed by atoms with Crippen LogP contribution >= 0.6 is 0 Å². The minimum atomic E-state index is 0.782. The summed E-state index contributed by atoms with van der Waals surface area (Å²) in [6, 6.07) is 10.0. The van der Waals surface area contributed by atoms with Crippen LogP contribution in [0.3, 0.4) is 0 Å². The fourth-order valence-electron chi connectivity index (χ4n) is 3.04. The lowest BCUT2D eigenvalue weighted by molar-refractivity contribution is 0.484. The predicted octanol–water partition coefficient (Wildman–Crippen LogP) is 3.96. The fourth-order valence-corrected chi connectivity index (χ4v) is 3.04. The molecule has 1 aliphatic carbocycles. The zero-order chi connectivity index (χ0) is 12.8. The predicted molar refractivity (Wildman–Crippen MR) is 78.9 cm³/mol. The van der Waals surface area contributed by atoms with E-state index in [9.17, 15) is 0 Å². The normalized spacial score (nSPS) is 23.4. The van der Waals surface area contributed by atoms with Gasteiger partial charge >= 0.3 is 0 Å². The van der Waals surface area contributed by atoms with Crippen LogP contribution < -0.4 is 5.32 Å². The summed E-state index contributed by atoms with van der Waals surface area (Å²) in [6.45, 7) is 5.65. The maximum absolute atomic E-state index is 3.67. The molecule has 1 aliphatic rings. The van der Waals surface area contributed by atoms with Crippen molar-refractivity contribution in [2.75, 3.05) is 6.54 Å². The standard InChI is InChI=1S/C17H27N/c1-3-11-18-17-10-9-16(13-17)12-15-7-5-14(4-2)6-8-15/h5-8,16-18H,3-4,9-13H2,1-2H3. The van der Waals surface area contributed by atoms with E-state index in [4.69, 9.17) is 0 Å². The fraction of sp³-hybridized carbons (Fsp3) is 0.647. The molecule has 0 radical (unpaired) electrons. The van der Waals surface area contributed by atoms with E-state index in [0.717, 1.165) is 18.4 Å². The van der Waals surface area contributed by atoms with Crippen LogP contribution in [0.5, 0.6) is 0 Å². The molecule has 2 atom stereocenters. The van der Waals surface area contributed by atoms with Gasteiger partial charge in [-0.05, 0) is 62.1 Å². The summed E-state index contributed by atoms with van der Waals surface area (Å²) in [4.78, 5) is 0. The molecule has 0 bridgehead atoms. The van der Waals surface area contributed by atoms with Crippen molar-refractivity contribution in [2.24, 2.45) is 5.92 Å². The Hall–Kier alpha value is -0.820. The number of hydrogen-bond acceptors (Lipinski definition) is 1. The highest BCUT2D eigenvalue weighted by molar-refractivity contribution is 5.23. The number of aryl methyl sites for hydroxylation is 1. The Labute approximate surface area is 112 Å². The Morgan fingerprint density at radius 1 is 1.06 bits per heavy atom. The largest absolute Gasteiger partial charge is 0.314 e. The van der Waals surface area contributed by atoms with Gasteiger partial charge in [-0.15, -0.1) is 0 Å². The van der Waals surface area contributed by atoms with E-state index in [1.54, 1.807) is 0 Å². The van der Waals surface area contributed by atoms with Crippen LogP contribution in [0.1, 0.15) is 50.7 Å². The molecule has 0 saturated heterocycles. The SMILES string of the molecule is CCCNC1CCC(Cc2ccc(CC)cc2)C1. The van der Waals surface area contributed by atoms with Crippen molar-refractivity contribution in [2.45, 2.75) is 58.4 Å². The van der Waals surface area contributed by atoms with Gasteiger partial charge in [0.1, 0.15) is 0 Å². The van der Waals surface area contributed by atoms with Crippen LogP contribution in [0.25, 0.3) is 0 Å². The van der Waals surface area contributed by atoms with Crippen molar-refractivity contribution in [1.82, 2.24) is 5.32 Å². The lowest BCUT2D eigenvalue weighted by Crippen LogP contribution is -2.27. The summed E-state index contributed by atoms with van der Waals surface area (Å²) in [7, 11) is 0. The minimum Gasteiger partial charge on any atom is -0.314 e. The third-order valence-corrected chi connectivity index (χ3v) is 4.18. The van der Waals surface area contributed by atoms with Crippen molar-refractivity contribution >= 4 is 0 Å². The van der Waals surface area contributed by atoms with Crippen molar-refractivity contribution in [1.29, 1.82) is 0 Å². The van der Waals surface area contributed by atoms with E-state index >= 15 is 0 Å². The molecule has 18 heavy (non-hydrogen) atoms. The van der Waals surface area contributed by atoms with Crippen LogP contribution in [0.4, 0.5) is 0 Å². The van der Waals surface area contributed by atoms with Crippen molar-refractivity contribution in [3.8, 4) is 0 Å². The average Bonchev–Trinajstić information content (AvgIpc) is 2.85. The molecule has 1 N–H and O–H groups in total. The van der Waals surface area contributed by atoms with Gasteiger partial charge in [0.25, 0.3) is 0 Å². The number of rotatable bonds is 6. The highest BCUT2D eigenvalue weighted by Gasteiger charge is 2.23. The maximum Gasteiger partial charge on any atom is 0.00699 e. The number of benzene rings is 1. The Morgan fingerprint density at radius 2 is 1.78 bits per heavy atom.